The number of hydrogen-bond donors (Lipinski definition) is 1. The molecule has 1 aromatic heterocycles. The molecule has 0 radical (unpaired) electrons. The topological polar surface area (TPSA) is 51.8 Å². The molecule has 3 heteroatoms. The summed E-state index contributed by atoms with van der Waals surface area (Å²) in [6.45, 7) is 6.17. The van der Waals surface area contributed by atoms with Crippen molar-refractivity contribution in [1.29, 1.82) is 0 Å². The number of rotatable bonds is 1. The minimum absolute atomic E-state index is 0.537. The van der Waals surface area contributed by atoms with E-state index in [4.69, 9.17) is 5.73 Å². The van der Waals surface area contributed by atoms with Crippen LogP contribution < -0.4 is 5.73 Å². The minimum Gasteiger partial charge on any atom is -0.383 e. The van der Waals surface area contributed by atoms with Crippen molar-refractivity contribution >= 4 is 16.7 Å². The first kappa shape index (κ1) is 12.6. The fourth-order valence-corrected chi connectivity index (χ4v) is 2.36. The van der Waals surface area contributed by atoms with Crippen molar-refractivity contribution in [1.82, 2.24) is 9.97 Å². The second-order valence-electron chi connectivity index (χ2n) is 5.27. The predicted octanol–water partition coefficient (Wildman–Crippen LogP) is 3.80. The zero-order valence-electron chi connectivity index (χ0n) is 11.9. The summed E-state index contributed by atoms with van der Waals surface area (Å²) in [5.41, 5.74) is 11.5. The monoisotopic (exact) mass is 263 g/mol. The maximum atomic E-state index is 6.10. The van der Waals surface area contributed by atoms with Crippen molar-refractivity contribution in [2.45, 2.75) is 20.8 Å². The Morgan fingerprint density at radius 3 is 2.35 bits per heavy atom. The number of benzene rings is 2. The molecule has 0 unspecified atom stereocenters. The SMILES string of the molecule is Cc1ccc(C)c(-c2nc(N)c3cc(C)ccc3n2)c1. The van der Waals surface area contributed by atoms with Gasteiger partial charge in [0.25, 0.3) is 0 Å². The maximum absolute atomic E-state index is 6.10. The van der Waals surface area contributed by atoms with Crippen molar-refractivity contribution in [2.75, 3.05) is 5.73 Å². The molecular weight excluding hydrogens is 246 g/mol. The van der Waals surface area contributed by atoms with Gasteiger partial charge in [-0.05, 0) is 44.5 Å². The van der Waals surface area contributed by atoms with Gasteiger partial charge in [0.1, 0.15) is 5.82 Å². The van der Waals surface area contributed by atoms with Gasteiger partial charge in [-0.3, -0.25) is 0 Å². The fraction of sp³-hybridized carbons (Fsp3) is 0.176. The number of nitrogens with zero attached hydrogens (tertiary/aromatic N) is 2. The van der Waals surface area contributed by atoms with E-state index in [9.17, 15) is 0 Å². The molecule has 0 aliphatic carbocycles. The third kappa shape index (κ3) is 2.11. The average molecular weight is 263 g/mol. The molecular formula is C17H17N3. The lowest BCUT2D eigenvalue weighted by atomic mass is 10.0. The normalized spacial score (nSPS) is 10.9. The largest absolute Gasteiger partial charge is 0.383 e. The number of fused-ring (bicyclic) bond motifs is 1. The number of aryl methyl sites for hydroxylation is 3. The van der Waals surface area contributed by atoms with Gasteiger partial charge in [-0.2, -0.15) is 0 Å². The minimum atomic E-state index is 0.537. The Hall–Kier alpha value is -2.42. The molecule has 3 nitrogen and oxygen atoms in total. The molecule has 0 bridgehead atoms. The van der Waals surface area contributed by atoms with Crippen LogP contribution in [0, 0.1) is 20.8 Å². The Bertz CT molecular complexity index is 807. The van der Waals surface area contributed by atoms with Crippen molar-refractivity contribution in [3.63, 3.8) is 0 Å². The van der Waals surface area contributed by atoms with Gasteiger partial charge in [0.05, 0.1) is 5.52 Å². The summed E-state index contributed by atoms with van der Waals surface area (Å²) in [4.78, 5) is 9.14. The van der Waals surface area contributed by atoms with Gasteiger partial charge in [0, 0.05) is 10.9 Å². The lowest BCUT2D eigenvalue weighted by molar-refractivity contribution is 1.21. The molecule has 0 fully saturated rings. The number of nitrogen functional groups attached to an aromatic ring is 1. The van der Waals surface area contributed by atoms with E-state index in [-0.39, 0.29) is 0 Å². The summed E-state index contributed by atoms with van der Waals surface area (Å²) in [7, 11) is 0. The molecule has 1 heterocycles. The van der Waals surface area contributed by atoms with Gasteiger partial charge in [0.2, 0.25) is 0 Å². The van der Waals surface area contributed by atoms with Crippen molar-refractivity contribution < 1.29 is 0 Å². The molecule has 2 aromatic carbocycles. The molecule has 0 saturated heterocycles. The number of aromatic nitrogens is 2. The predicted molar refractivity (Wildman–Crippen MR) is 83.6 cm³/mol. The standard InChI is InChI=1S/C17H17N3/c1-10-4-6-12(3)13(8-10)17-19-15-7-5-11(2)9-14(15)16(18)20-17/h4-9H,1-3H3,(H2,18,19,20). The molecule has 100 valence electrons. The summed E-state index contributed by atoms with van der Waals surface area (Å²) < 4.78 is 0. The third-order valence-electron chi connectivity index (χ3n) is 3.51. The summed E-state index contributed by atoms with van der Waals surface area (Å²) in [5.74, 6) is 1.23. The second kappa shape index (κ2) is 4.60. The van der Waals surface area contributed by atoms with Crippen LogP contribution in [0.15, 0.2) is 36.4 Å². The average Bonchev–Trinajstić information content (AvgIpc) is 2.42. The first-order valence-electron chi connectivity index (χ1n) is 6.66. The zero-order valence-corrected chi connectivity index (χ0v) is 11.9. The van der Waals surface area contributed by atoms with Gasteiger partial charge in [-0.25, -0.2) is 9.97 Å². The van der Waals surface area contributed by atoms with Crippen LogP contribution in [0.3, 0.4) is 0 Å². The van der Waals surface area contributed by atoms with Crippen molar-refractivity contribution in [2.24, 2.45) is 0 Å². The lowest BCUT2D eigenvalue weighted by Gasteiger charge is -2.09. The van der Waals surface area contributed by atoms with Crippen LogP contribution >= 0.6 is 0 Å². The van der Waals surface area contributed by atoms with Gasteiger partial charge in [0.15, 0.2) is 5.82 Å². The Labute approximate surface area is 118 Å². The van der Waals surface area contributed by atoms with E-state index < -0.39 is 0 Å². The molecule has 0 amide bonds. The van der Waals surface area contributed by atoms with Crippen LogP contribution in [0.25, 0.3) is 22.3 Å². The molecule has 0 spiro atoms. The van der Waals surface area contributed by atoms with Crippen LogP contribution in [0.5, 0.6) is 0 Å². The Kier molecular flexibility index (Phi) is 2.90. The maximum Gasteiger partial charge on any atom is 0.162 e. The van der Waals surface area contributed by atoms with Gasteiger partial charge < -0.3 is 5.73 Å². The van der Waals surface area contributed by atoms with E-state index in [0.717, 1.165) is 27.6 Å². The van der Waals surface area contributed by atoms with Crippen molar-refractivity contribution in [3.05, 3.63) is 53.1 Å². The quantitative estimate of drug-likeness (QED) is 0.726. The first-order chi connectivity index (χ1) is 9.54. The smallest absolute Gasteiger partial charge is 0.162 e. The van der Waals surface area contributed by atoms with E-state index in [1.54, 1.807) is 0 Å². The van der Waals surface area contributed by atoms with Gasteiger partial charge in [-0.15, -0.1) is 0 Å². The third-order valence-corrected chi connectivity index (χ3v) is 3.51. The van der Waals surface area contributed by atoms with Gasteiger partial charge >= 0.3 is 0 Å². The molecule has 0 atom stereocenters. The fourth-order valence-electron chi connectivity index (χ4n) is 2.36. The van der Waals surface area contributed by atoms with E-state index in [2.05, 4.69) is 42.0 Å². The molecule has 0 saturated carbocycles. The highest BCUT2D eigenvalue weighted by molar-refractivity contribution is 5.90. The first-order valence-corrected chi connectivity index (χ1v) is 6.66. The molecule has 3 aromatic rings. The van der Waals surface area contributed by atoms with Gasteiger partial charge in [-0.1, -0.05) is 29.3 Å². The number of nitrogens with two attached hydrogens (primary N) is 1. The molecule has 3 rings (SSSR count). The second-order valence-corrected chi connectivity index (χ2v) is 5.27. The summed E-state index contributed by atoms with van der Waals surface area (Å²) in [6.07, 6.45) is 0. The Balaban J connectivity index is 2.27. The van der Waals surface area contributed by atoms with Crippen molar-refractivity contribution in [3.8, 4) is 11.4 Å². The summed E-state index contributed by atoms with van der Waals surface area (Å²) in [5, 5.41) is 0.916. The number of hydrogen-bond acceptors (Lipinski definition) is 3. The highest BCUT2D eigenvalue weighted by Gasteiger charge is 2.09. The zero-order chi connectivity index (χ0) is 14.3. The summed E-state index contributed by atoms with van der Waals surface area (Å²) >= 11 is 0. The highest BCUT2D eigenvalue weighted by atomic mass is 14.9. The highest BCUT2D eigenvalue weighted by Crippen LogP contribution is 2.26. The molecule has 2 N–H and O–H groups in total. The lowest BCUT2D eigenvalue weighted by Crippen LogP contribution is -1.99. The summed E-state index contributed by atoms with van der Waals surface area (Å²) in [6, 6.07) is 12.3. The Morgan fingerprint density at radius 1 is 0.850 bits per heavy atom. The molecule has 20 heavy (non-hydrogen) atoms. The Morgan fingerprint density at radius 2 is 1.55 bits per heavy atom. The van der Waals surface area contributed by atoms with Crippen LogP contribution in [0.1, 0.15) is 16.7 Å². The van der Waals surface area contributed by atoms with Crippen LogP contribution in [-0.2, 0) is 0 Å². The number of anilines is 1. The molecule has 0 aliphatic heterocycles. The van der Waals surface area contributed by atoms with Crippen LogP contribution in [-0.4, -0.2) is 9.97 Å². The van der Waals surface area contributed by atoms with E-state index in [0.29, 0.717) is 11.6 Å². The van der Waals surface area contributed by atoms with E-state index in [1.807, 2.05) is 25.1 Å². The van der Waals surface area contributed by atoms with Crippen LogP contribution in [0.2, 0.25) is 0 Å². The molecule has 0 aliphatic rings. The van der Waals surface area contributed by atoms with E-state index in [1.165, 1.54) is 5.56 Å². The van der Waals surface area contributed by atoms with E-state index >= 15 is 0 Å². The van der Waals surface area contributed by atoms with Crippen LogP contribution in [0.4, 0.5) is 5.82 Å².